The van der Waals surface area contributed by atoms with Gasteiger partial charge in [-0.1, -0.05) is 177 Å². The number of carbonyl (C=O) groups excluding carboxylic acids is 2. The van der Waals surface area contributed by atoms with Crippen molar-refractivity contribution in [3.05, 3.63) is 106 Å². The van der Waals surface area contributed by atoms with E-state index in [2.05, 4.69) is 63.2 Å². The molecule has 0 aliphatic heterocycles. The molecule has 0 radical (unpaired) electrons. The first-order valence-corrected chi connectivity index (χ1v) is 24.8. The molecule has 0 aliphatic carbocycles. The van der Waals surface area contributed by atoms with Gasteiger partial charge in [-0.25, -0.2) is 19.6 Å². The molecule has 0 saturated carbocycles. The number of ether oxygens (including phenoxy) is 2. The van der Waals surface area contributed by atoms with Crippen LogP contribution >= 0.6 is 22.7 Å². The molecule has 0 bridgehead atoms. The third kappa shape index (κ3) is 10.8. The highest BCUT2D eigenvalue weighted by Crippen LogP contribution is 2.46. The van der Waals surface area contributed by atoms with Gasteiger partial charge in [0, 0.05) is 37.2 Å². The molecular weight excluding hydrogens is 805 g/mol. The van der Waals surface area contributed by atoms with Gasteiger partial charge < -0.3 is 9.47 Å². The van der Waals surface area contributed by atoms with E-state index >= 15 is 0 Å². The molecule has 6 nitrogen and oxygen atoms in total. The molecule has 7 aromatic rings. The number of nitrogens with zero attached hydrogens (tertiary/aromatic N) is 2. The van der Waals surface area contributed by atoms with Crippen LogP contribution < -0.4 is 0 Å². The number of rotatable bonds is 23. The fourth-order valence-electron chi connectivity index (χ4n) is 8.43. The van der Waals surface area contributed by atoms with Gasteiger partial charge in [0.15, 0.2) is 0 Å². The smallest absolute Gasteiger partial charge is 0.340 e. The van der Waals surface area contributed by atoms with E-state index in [1.807, 2.05) is 49.4 Å². The van der Waals surface area contributed by atoms with Crippen LogP contribution in [0.2, 0.25) is 0 Å². The maximum absolute atomic E-state index is 14.4. The number of hydrogen-bond acceptors (Lipinski definition) is 8. The number of unbranched alkanes of at least 4 members (excludes halogenated alkanes) is 14. The maximum atomic E-state index is 14.4. The minimum Gasteiger partial charge on any atom is -0.462 e. The van der Waals surface area contributed by atoms with Crippen LogP contribution in [0.3, 0.4) is 0 Å². The molecule has 62 heavy (non-hydrogen) atoms. The van der Waals surface area contributed by atoms with E-state index in [-0.39, 0.29) is 11.9 Å². The third-order valence-corrected chi connectivity index (χ3v) is 14.1. The molecule has 0 saturated heterocycles. The van der Waals surface area contributed by atoms with E-state index < -0.39 is 0 Å². The predicted molar refractivity (Wildman–Crippen MR) is 262 cm³/mol. The summed E-state index contributed by atoms with van der Waals surface area (Å²) in [5.74, 6) is -0.694. The fraction of sp³-hybridized carbons (Fsp3) is 0.407. The number of carbonyl (C=O) groups is 2. The van der Waals surface area contributed by atoms with Gasteiger partial charge in [-0.15, -0.1) is 22.7 Å². The number of esters is 2. The van der Waals surface area contributed by atoms with E-state index in [1.54, 1.807) is 0 Å². The lowest BCUT2D eigenvalue weighted by atomic mass is 10.00. The Hall–Kier alpha value is -4.92. The van der Waals surface area contributed by atoms with Gasteiger partial charge in [0.1, 0.15) is 0 Å². The number of aromatic nitrogens is 2. The zero-order chi connectivity index (χ0) is 43.3. The van der Waals surface area contributed by atoms with Crippen molar-refractivity contribution in [2.45, 2.75) is 130 Å². The summed E-state index contributed by atoms with van der Waals surface area (Å²) in [6, 6.07) is 28.7. The summed E-state index contributed by atoms with van der Waals surface area (Å²) < 4.78 is 13.7. The molecule has 0 unspecified atom stereocenters. The van der Waals surface area contributed by atoms with E-state index in [0.29, 0.717) is 29.7 Å². The molecule has 3 heterocycles. The first-order chi connectivity index (χ1) is 30.4. The Bertz CT molecular complexity index is 2490. The Balaban J connectivity index is 1.28. The van der Waals surface area contributed by atoms with Gasteiger partial charge in [0.05, 0.1) is 56.2 Å². The number of benzene rings is 4. The van der Waals surface area contributed by atoms with Gasteiger partial charge in [-0.3, -0.25) is 0 Å². The number of fused-ring (bicyclic) bond motifs is 3. The summed E-state index contributed by atoms with van der Waals surface area (Å²) in [6.45, 7) is 9.31. The molecule has 3 aromatic heterocycles. The van der Waals surface area contributed by atoms with Crippen LogP contribution in [0.1, 0.15) is 148 Å². The number of hydrogen-bond donors (Lipinski definition) is 0. The Morgan fingerprint density at radius 2 is 0.968 bits per heavy atom. The summed E-state index contributed by atoms with van der Waals surface area (Å²) in [5, 5.41) is 1.46. The molecule has 7 rings (SSSR count). The van der Waals surface area contributed by atoms with Crippen molar-refractivity contribution in [3.63, 3.8) is 0 Å². The van der Waals surface area contributed by atoms with Crippen molar-refractivity contribution in [1.29, 1.82) is 0 Å². The zero-order valence-electron chi connectivity index (χ0n) is 37.2. The highest BCUT2D eigenvalue weighted by Gasteiger charge is 2.29. The lowest BCUT2D eigenvalue weighted by molar-refractivity contribution is 0.0490. The highest BCUT2D eigenvalue weighted by atomic mass is 32.1. The van der Waals surface area contributed by atoms with Crippen molar-refractivity contribution >= 4 is 65.8 Å². The lowest BCUT2D eigenvalue weighted by Gasteiger charge is -2.14. The second-order valence-electron chi connectivity index (χ2n) is 16.7. The normalized spacial score (nSPS) is 11.5. The molecule has 0 fully saturated rings. The predicted octanol–water partition coefficient (Wildman–Crippen LogP) is 16.3. The average Bonchev–Trinajstić information content (AvgIpc) is 3.90. The minimum atomic E-state index is -0.347. The third-order valence-electron chi connectivity index (χ3n) is 11.8. The molecule has 0 amide bonds. The van der Waals surface area contributed by atoms with E-state index in [0.717, 1.165) is 108 Å². The quantitative estimate of drug-likeness (QED) is 0.0471. The van der Waals surface area contributed by atoms with Crippen molar-refractivity contribution in [3.8, 4) is 33.0 Å². The molecular formula is C54H62N2O4S2. The van der Waals surface area contributed by atoms with E-state index in [4.69, 9.17) is 19.4 Å². The first kappa shape index (κ1) is 45.1. The Kier molecular flexibility index (Phi) is 16.3. The van der Waals surface area contributed by atoms with Gasteiger partial charge in [-0.2, -0.15) is 0 Å². The van der Waals surface area contributed by atoms with E-state index in [9.17, 15) is 9.59 Å². The van der Waals surface area contributed by atoms with Gasteiger partial charge in [0.2, 0.25) is 0 Å². The van der Waals surface area contributed by atoms with Crippen LogP contribution in [0.15, 0.2) is 84.9 Å². The number of aryl methyl sites for hydroxylation is 2. The average molecular weight is 867 g/mol. The number of thiophene rings is 2. The molecule has 4 aromatic carbocycles. The second kappa shape index (κ2) is 22.4. The van der Waals surface area contributed by atoms with Gasteiger partial charge >= 0.3 is 11.9 Å². The standard InChI is InChI=1S/C54H62N2O4S2/c1-5-7-9-11-13-15-17-25-33-59-53(57)45-42-35-38(4)61-51(42)46(54(58)60-34-26-18-16-14-12-10-8-6-2)43-36-44(62-52(43)45)41-32-31-37(3)47-50(41)56-49(40-29-23-20-24-30-40)48(55-47)39-27-21-19-22-28-39/h19-24,27-32,35-36H,5-18,25-26,33-34H2,1-4H3. The van der Waals surface area contributed by atoms with Gasteiger partial charge in [0.25, 0.3) is 0 Å². The van der Waals surface area contributed by atoms with Crippen LogP contribution in [0.5, 0.6) is 0 Å². The van der Waals surface area contributed by atoms with Crippen molar-refractivity contribution < 1.29 is 19.1 Å². The Labute approximate surface area is 376 Å². The van der Waals surface area contributed by atoms with Crippen molar-refractivity contribution in [2.24, 2.45) is 0 Å². The monoisotopic (exact) mass is 866 g/mol. The molecule has 8 heteroatoms. The van der Waals surface area contributed by atoms with Crippen LogP contribution in [-0.4, -0.2) is 35.1 Å². The van der Waals surface area contributed by atoms with Gasteiger partial charge in [-0.05, 0) is 44.4 Å². The summed E-state index contributed by atoms with van der Waals surface area (Å²) in [4.78, 5) is 41.4. The van der Waals surface area contributed by atoms with Crippen LogP contribution in [0.4, 0.5) is 0 Å². The lowest BCUT2D eigenvalue weighted by Crippen LogP contribution is -2.11. The second-order valence-corrected chi connectivity index (χ2v) is 19.0. The van der Waals surface area contributed by atoms with Crippen LogP contribution in [0, 0.1) is 13.8 Å². The zero-order valence-corrected chi connectivity index (χ0v) is 38.8. The minimum absolute atomic E-state index is 0.347. The molecule has 0 atom stereocenters. The van der Waals surface area contributed by atoms with Crippen molar-refractivity contribution in [2.75, 3.05) is 13.2 Å². The topological polar surface area (TPSA) is 78.4 Å². The molecule has 324 valence electrons. The molecule has 0 N–H and O–H groups in total. The summed E-state index contributed by atoms with van der Waals surface area (Å²) >= 11 is 3.05. The maximum Gasteiger partial charge on any atom is 0.340 e. The van der Waals surface area contributed by atoms with Crippen LogP contribution in [-0.2, 0) is 9.47 Å². The van der Waals surface area contributed by atoms with Crippen molar-refractivity contribution in [1.82, 2.24) is 9.97 Å². The first-order valence-electron chi connectivity index (χ1n) is 23.2. The fourth-order valence-corrected chi connectivity index (χ4v) is 10.7. The van der Waals surface area contributed by atoms with Crippen LogP contribution in [0.25, 0.3) is 64.2 Å². The summed E-state index contributed by atoms with van der Waals surface area (Å²) in [6.07, 6.45) is 18.6. The Morgan fingerprint density at radius 3 is 1.48 bits per heavy atom. The summed E-state index contributed by atoms with van der Waals surface area (Å²) in [5.41, 5.74) is 8.12. The molecule has 0 spiro atoms. The molecule has 0 aliphatic rings. The largest absolute Gasteiger partial charge is 0.462 e. The SMILES string of the molecule is CCCCCCCCCCOC(=O)c1c2cc(-c3ccc(C)c4nc(-c5ccccc5)c(-c5ccccc5)nc34)sc2c(C(=O)OCCCCCCCCCC)c2cc(C)sc12. The summed E-state index contributed by atoms with van der Waals surface area (Å²) in [7, 11) is 0. The Morgan fingerprint density at radius 1 is 0.516 bits per heavy atom. The highest BCUT2D eigenvalue weighted by molar-refractivity contribution is 7.23. The van der Waals surface area contributed by atoms with E-state index in [1.165, 1.54) is 86.9 Å².